The molecule has 0 saturated carbocycles. The molecule has 3 amide bonds. The average molecular weight is 365 g/mol. The fraction of sp³-hybridized carbons (Fsp3) is 0.833. The van der Waals surface area contributed by atoms with E-state index < -0.39 is 5.54 Å². The average Bonchev–Trinajstić information content (AvgIpc) is 2.67. The quantitative estimate of drug-likeness (QED) is 0.784. The van der Waals surface area contributed by atoms with Crippen molar-refractivity contribution in [3.63, 3.8) is 0 Å². The molecule has 1 N–H and O–H groups in total. The monoisotopic (exact) mass is 365 g/mol. The van der Waals surface area contributed by atoms with Gasteiger partial charge in [0.1, 0.15) is 5.54 Å². The summed E-state index contributed by atoms with van der Waals surface area (Å²) < 4.78 is 5.29. The summed E-state index contributed by atoms with van der Waals surface area (Å²) in [7, 11) is 0. The lowest BCUT2D eigenvalue weighted by atomic mass is 9.89. The summed E-state index contributed by atoms with van der Waals surface area (Å²) >= 11 is 0. The summed E-state index contributed by atoms with van der Waals surface area (Å²) in [4.78, 5) is 30.8. The fourth-order valence-corrected chi connectivity index (χ4v) is 3.08. The lowest BCUT2D eigenvalue weighted by molar-refractivity contribution is -0.128. The smallest absolute Gasteiger partial charge is 0.320 e. The van der Waals surface area contributed by atoms with Gasteiger partial charge in [-0.15, -0.1) is 0 Å². The molecular formula is C18H31N5O3. The topological polar surface area (TPSA) is 88.9 Å². The molecule has 2 fully saturated rings. The second kappa shape index (κ2) is 8.69. The van der Waals surface area contributed by atoms with E-state index >= 15 is 0 Å². The van der Waals surface area contributed by atoms with Crippen LogP contribution in [0.3, 0.4) is 0 Å². The van der Waals surface area contributed by atoms with E-state index in [1.807, 2.05) is 30.6 Å². The van der Waals surface area contributed by atoms with Gasteiger partial charge in [0.05, 0.1) is 25.3 Å². The molecule has 2 unspecified atom stereocenters. The zero-order valence-electron chi connectivity index (χ0n) is 16.3. The van der Waals surface area contributed by atoms with Crippen LogP contribution in [0.15, 0.2) is 0 Å². The summed E-state index contributed by atoms with van der Waals surface area (Å²) in [5.41, 5.74) is -0.876. The summed E-state index contributed by atoms with van der Waals surface area (Å²) in [6.07, 6.45) is 0. The van der Waals surface area contributed by atoms with E-state index in [2.05, 4.69) is 16.3 Å². The Morgan fingerprint density at radius 1 is 1.04 bits per heavy atom. The van der Waals surface area contributed by atoms with Gasteiger partial charge >= 0.3 is 6.03 Å². The van der Waals surface area contributed by atoms with Gasteiger partial charge in [-0.05, 0) is 19.8 Å². The fourth-order valence-electron chi connectivity index (χ4n) is 3.08. The van der Waals surface area contributed by atoms with E-state index in [9.17, 15) is 14.9 Å². The van der Waals surface area contributed by atoms with Crippen molar-refractivity contribution in [2.24, 2.45) is 5.92 Å². The van der Waals surface area contributed by atoms with E-state index in [1.165, 1.54) is 0 Å². The molecule has 0 spiro atoms. The summed E-state index contributed by atoms with van der Waals surface area (Å²) in [5, 5.41) is 12.3. The summed E-state index contributed by atoms with van der Waals surface area (Å²) in [5.74, 6) is -0.123. The molecule has 2 saturated heterocycles. The van der Waals surface area contributed by atoms with Crippen molar-refractivity contribution < 1.29 is 14.3 Å². The van der Waals surface area contributed by atoms with E-state index in [0.29, 0.717) is 52.5 Å². The van der Waals surface area contributed by atoms with Crippen molar-refractivity contribution in [3.8, 4) is 6.07 Å². The zero-order valence-corrected chi connectivity index (χ0v) is 16.3. The number of rotatable bonds is 4. The highest BCUT2D eigenvalue weighted by Crippen LogP contribution is 2.17. The highest BCUT2D eigenvalue weighted by atomic mass is 16.5. The van der Waals surface area contributed by atoms with Gasteiger partial charge in [0.15, 0.2) is 0 Å². The molecule has 2 atom stereocenters. The standard InChI is InChI=1S/C18H31N5O3/c1-14(2)18(4,13-19)20-16(24)15(3)21-5-7-22(8-6-21)17(25)23-9-11-26-12-10-23/h14-15H,5-12H2,1-4H3,(H,20,24). The molecule has 0 radical (unpaired) electrons. The highest BCUT2D eigenvalue weighted by molar-refractivity contribution is 5.82. The molecule has 8 nitrogen and oxygen atoms in total. The molecule has 2 aliphatic rings. The summed E-state index contributed by atoms with van der Waals surface area (Å²) in [6, 6.07) is 1.93. The Morgan fingerprint density at radius 3 is 2.08 bits per heavy atom. The largest absolute Gasteiger partial charge is 0.378 e. The molecule has 2 aliphatic heterocycles. The molecule has 0 aromatic rings. The number of hydrogen-bond acceptors (Lipinski definition) is 5. The second-order valence-corrected chi connectivity index (χ2v) is 7.54. The van der Waals surface area contributed by atoms with E-state index in [0.717, 1.165) is 0 Å². The number of nitrogens with one attached hydrogen (secondary N) is 1. The Balaban J connectivity index is 1.85. The number of nitrogens with zero attached hydrogens (tertiary/aromatic N) is 4. The molecular weight excluding hydrogens is 334 g/mol. The number of urea groups is 1. The number of amides is 3. The second-order valence-electron chi connectivity index (χ2n) is 7.54. The maximum absolute atomic E-state index is 12.6. The van der Waals surface area contributed by atoms with Crippen LogP contribution in [0.2, 0.25) is 0 Å². The van der Waals surface area contributed by atoms with E-state index in [4.69, 9.17) is 4.74 Å². The SMILES string of the molecule is CC(C(=O)NC(C)(C#N)C(C)C)N1CCN(C(=O)N2CCOCC2)CC1. The third-order valence-corrected chi connectivity index (χ3v) is 5.56. The Bertz CT molecular complexity index is 548. The maximum Gasteiger partial charge on any atom is 0.320 e. The minimum Gasteiger partial charge on any atom is -0.378 e. The van der Waals surface area contributed by atoms with Crippen LogP contribution in [0.25, 0.3) is 0 Å². The predicted octanol–water partition coefficient (Wildman–Crippen LogP) is 0.499. The molecule has 0 aliphatic carbocycles. The van der Waals surface area contributed by atoms with Gasteiger partial charge in [-0.3, -0.25) is 9.69 Å². The van der Waals surface area contributed by atoms with Crippen LogP contribution in [0.5, 0.6) is 0 Å². The third kappa shape index (κ3) is 4.65. The maximum atomic E-state index is 12.6. The van der Waals surface area contributed by atoms with E-state index in [1.54, 1.807) is 6.92 Å². The lowest BCUT2D eigenvalue weighted by Gasteiger charge is -2.40. The number of carbonyl (C=O) groups is 2. The van der Waals surface area contributed by atoms with Crippen LogP contribution in [0.1, 0.15) is 27.7 Å². The first kappa shape index (κ1) is 20.5. The molecule has 0 bridgehead atoms. The zero-order chi connectivity index (χ0) is 19.3. The van der Waals surface area contributed by atoms with Gasteiger partial charge in [-0.1, -0.05) is 13.8 Å². The molecule has 26 heavy (non-hydrogen) atoms. The minimum absolute atomic E-state index is 0.0200. The number of nitriles is 1. The molecule has 8 heteroatoms. The van der Waals surface area contributed by atoms with Crippen LogP contribution >= 0.6 is 0 Å². The van der Waals surface area contributed by atoms with Crippen LogP contribution < -0.4 is 5.32 Å². The number of ether oxygens (including phenoxy) is 1. The van der Waals surface area contributed by atoms with E-state index in [-0.39, 0.29) is 23.9 Å². The molecule has 0 aromatic carbocycles. The molecule has 146 valence electrons. The van der Waals surface area contributed by atoms with Gasteiger partial charge in [-0.25, -0.2) is 4.79 Å². The van der Waals surface area contributed by atoms with Crippen molar-refractivity contribution in [2.75, 3.05) is 52.5 Å². The molecule has 0 aromatic heterocycles. The minimum atomic E-state index is -0.876. The van der Waals surface area contributed by atoms with Gasteiger partial charge in [0.25, 0.3) is 0 Å². The lowest BCUT2D eigenvalue weighted by Crippen LogP contribution is -2.60. The van der Waals surface area contributed by atoms with Crippen molar-refractivity contribution in [2.45, 2.75) is 39.3 Å². The first-order chi connectivity index (χ1) is 12.3. The van der Waals surface area contributed by atoms with Crippen molar-refractivity contribution in [3.05, 3.63) is 0 Å². The van der Waals surface area contributed by atoms with Crippen molar-refractivity contribution >= 4 is 11.9 Å². The normalized spacial score (nSPS) is 22.5. The summed E-state index contributed by atoms with van der Waals surface area (Å²) in [6.45, 7) is 12.4. The van der Waals surface area contributed by atoms with Crippen LogP contribution in [-0.2, 0) is 9.53 Å². The number of hydrogen-bond donors (Lipinski definition) is 1. The molecule has 2 rings (SSSR count). The van der Waals surface area contributed by atoms with Gasteiger partial charge in [0.2, 0.25) is 5.91 Å². The number of morpholine rings is 1. The van der Waals surface area contributed by atoms with Gasteiger partial charge < -0.3 is 19.9 Å². The molecule has 2 heterocycles. The van der Waals surface area contributed by atoms with Gasteiger partial charge in [-0.2, -0.15) is 5.26 Å². The Labute approximate surface area is 156 Å². The number of piperazine rings is 1. The van der Waals surface area contributed by atoms with Crippen LogP contribution in [0, 0.1) is 17.2 Å². The Morgan fingerprint density at radius 2 is 1.58 bits per heavy atom. The van der Waals surface area contributed by atoms with Crippen molar-refractivity contribution in [1.29, 1.82) is 5.26 Å². The first-order valence-corrected chi connectivity index (χ1v) is 9.37. The Hall–Kier alpha value is -1.85. The number of carbonyl (C=O) groups excluding carboxylic acids is 2. The third-order valence-electron chi connectivity index (χ3n) is 5.56. The first-order valence-electron chi connectivity index (χ1n) is 9.37. The highest BCUT2D eigenvalue weighted by Gasteiger charge is 2.35. The van der Waals surface area contributed by atoms with Crippen LogP contribution in [-0.4, -0.2) is 90.7 Å². The van der Waals surface area contributed by atoms with Crippen molar-refractivity contribution in [1.82, 2.24) is 20.0 Å². The predicted molar refractivity (Wildman–Crippen MR) is 97.4 cm³/mol. The van der Waals surface area contributed by atoms with Crippen LogP contribution in [0.4, 0.5) is 4.79 Å². The Kier molecular flexibility index (Phi) is 6.84. The van der Waals surface area contributed by atoms with Gasteiger partial charge in [0, 0.05) is 39.3 Å².